The van der Waals surface area contributed by atoms with Crippen LogP contribution in [-0.2, 0) is 0 Å². The van der Waals surface area contributed by atoms with E-state index < -0.39 is 0 Å². The zero-order valence-electron chi connectivity index (χ0n) is 11.2. The van der Waals surface area contributed by atoms with Crippen molar-refractivity contribution < 1.29 is 4.79 Å². The third kappa shape index (κ3) is 2.56. The first kappa shape index (κ1) is 13.9. The molecule has 4 rings (SSSR count). The number of rotatable bonds is 2. The molecule has 2 fully saturated rings. The van der Waals surface area contributed by atoms with Crippen molar-refractivity contribution in [3.8, 4) is 9.88 Å². The molecule has 2 aromatic heterocycles. The summed E-state index contributed by atoms with van der Waals surface area (Å²) < 4.78 is 1.08. The van der Waals surface area contributed by atoms with Crippen LogP contribution >= 0.6 is 38.6 Å². The summed E-state index contributed by atoms with van der Waals surface area (Å²) in [5.74, 6) is 1.34. The number of amides is 1. The molecule has 0 bridgehead atoms. The lowest BCUT2D eigenvalue weighted by molar-refractivity contribution is 0.0777. The number of hydrogen-bond acceptors (Lipinski definition) is 5. The minimum absolute atomic E-state index is 0.0857. The third-order valence-corrected chi connectivity index (χ3v) is 6.82. The van der Waals surface area contributed by atoms with Crippen molar-refractivity contribution in [3.63, 3.8) is 0 Å². The molecule has 2 aliphatic heterocycles. The molecule has 4 nitrogen and oxygen atoms in total. The SMILES string of the molecule is O=C(c1csc(-c2ccc(Br)s2)n1)N1C[C@H]2CNC[C@H]2C1. The highest BCUT2D eigenvalue weighted by Gasteiger charge is 2.38. The molecule has 0 radical (unpaired) electrons. The van der Waals surface area contributed by atoms with Gasteiger partial charge in [-0.15, -0.1) is 22.7 Å². The maximum atomic E-state index is 12.6. The monoisotopic (exact) mass is 383 g/mol. The van der Waals surface area contributed by atoms with Crippen molar-refractivity contribution in [2.24, 2.45) is 11.8 Å². The summed E-state index contributed by atoms with van der Waals surface area (Å²) in [5.41, 5.74) is 0.590. The summed E-state index contributed by atoms with van der Waals surface area (Å²) in [6.07, 6.45) is 0. The normalized spacial score (nSPS) is 24.5. The van der Waals surface area contributed by atoms with Crippen molar-refractivity contribution in [3.05, 3.63) is 27.0 Å². The number of halogens is 1. The predicted octanol–water partition coefficient (Wildman–Crippen LogP) is 2.93. The van der Waals surface area contributed by atoms with Gasteiger partial charge in [0.2, 0.25) is 0 Å². The van der Waals surface area contributed by atoms with Crippen molar-refractivity contribution >= 4 is 44.5 Å². The Morgan fingerprint density at radius 1 is 1.33 bits per heavy atom. The lowest BCUT2D eigenvalue weighted by Crippen LogP contribution is -2.32. The summed E-state index contributed by atoms with van der Waals surface area (Å²) in [7, 11) is 0. The topological polar surface area (TPSA) is 45.2 Å². The van der Waals surface area contributed by atoms with Gasteiger partial charge in [-0.3, -0.25) is 4.79 Å². The molecule has 1 N–H and O–H groups in total. The first-order valence-electron chi connectivity index (χ1n) is 6.92. The van der Waals surface area contributed by atoms with Gasteiger partial charge in [0, 0.05) is 31.6 Å². The molecule has 2 atom stereocenters. The fourth-order valence-corrected chi connectivity index (χ4v) is 5.35. The van der Waals surface area contributed by atoms with Crippen LogP contribution in [0.3, 0.4) is 0 Å². The van der Waals surface area contributed by atoms with Crippen molar-refractivity contribution in [2.45, 2.75) is 0 Å². The van der Waals surface area contributed by atoms with E-state index >= 15 is 0 Å². The number of thiophene rings is 1. The average Bonchev–Trinajstić information content (AvgIpc) is 3.20. The number of nitrogens with zero attached hydrogens (tertiary/aromatic N) is 2. The smallest absolute Gasteiger partial charge is 0.273 e. The largest absolute Gasteiger partial charge is 0.337 e. The van der Waals surface area contributed by atoms with E-state index in [1.54, 1.807) is 22.7 Å². The van der Waals surface area contributed by atoms with E-state index in [0.717, 1.165) is 39.9 Å². The summed E-state index contributed by atoms with van der Waals surface area (Å²) in [4.78, 5) is 20.2. The number of fused-ring (bicyclic) bond motifs is 1. The second kappa shape index (κ2) is 5.46. The van der Waals surface area contributed by atoms with Crippen LogP contribution in [0.1, 0.15) is 10.5 Å². The van der Waals surface area contributed by atoms with Crippen LogP contribution in [0, 0.1) is 11.8 Å². The van der Waals surface area contributed by atoms with E-state index in [9.17, 15) is 4.79 Å². The lowest BCUT2D eigenvalue weighted by atomic mass is 10.0. The maximum absolute atomic E-state index is 12.6. The van der Waals surface area contributed by atoms with Gasteiger partial charge in [0.15, 0.2) is 0 Å². The minimum atomic E-state index is 0.0857. The second-order valence-corrected chi connectivity index (χ2v) is 8.85. The zero-order valence-corrected chi connectivity index (χ0v) is 14.4. The first-order chi connectivity index (χ1) is 10.2. The van der Waals surface area contributed by atoms with E-state index in [-0.39, 0.29) is 5.91 Å². The summed E-state index contributed by atoms with van der Waals surface area (Å²) in [6.45, 7) is 3.82. The van der Waals surface area contributed by atoms with Crippen LogP contribution in [0.2, 0.25) is 0 Å². The van der Waals surface area contributed by atoms with Crippen LogP contribution in [0.15, 0.2) is 21.3 Å². The summed E-state index contributed by atoms with van der Waals surface area (Å²) in [6, 6.07) is 4.05. The van der Waals surface area contributed by atoms with Crippen molar-refractivity contribution in [1.82, 2.24) is 15.2 Å². The maximum Gasteiger partial charge on any atom is 0.273 e. The number of carbonyl (C=O) groups excluding carboxylic acids is 1. The third-order valence-electron chi connectivity index (χ3n) is 4.18. The van der Waals surface area contributed by atoms with Crippen LogP contribution < -0.4 is 5.32 Å². The molecule has 0 aliphatic carbocycles. The van der Waals surface area contributed by atoms with E-state index in [1.807, 2.05) is 22.4 Å². The molecule has 2 saturated heterocycles. The number of hydrogen-bond donors (Lipinski definition) is 1. The second-order valence-electron chi connectivity index (χ2n) is 5.53. The fraction of sp³-hybridized carbons (Fsp3) is 0.429. The molecule has 1 amide bonds. The van der Waals surface area contributed by atoms with Gasteiger partial charge in [0.05, 0.1) is 8.66 Å². The standard InChI is InChI=1S/C14H14BrN3OS2/c15-12-2-1-11(21-12)13-17-10(7-20-13)14(19)18-5-8-3-16-4-9(8)6-18/h1-2,7-9,16H,3-6H2/t8-,9+. The molecule has 0 unspecified atom stereocenters. The minimum Gasteiger partial charge on any atom is -0.337 e. The highest BCUT2D eigenvalue weighted by atomic mass is 79.9. The van der Waals surface area contributed by atoms with Gasteiger partial charge in [-0.05, 0) is 39.9 Å². The lowest BCUT2D eigenvalue weighted by Gasteiger charge is -2.15. The Labute approximate surface area is 139 Å². The quantitative estimate of drug-likeness (QED) is 0.866. The van der Waals surface area contributed by atoms with E-state index in [0.29, 0.717) is 17.5 Å². The van der Waals surface area contributed by atoms with E-state index in [1.165, 1.54) is 0 Å². The number of nitrogens with one attached hydrogen (secondary N) is 1. The van der Waals surface area contributed by atoms with Gasteiger partial charge in [-0.1, -0.05) is 0 Å². The highest BCUT2D eigenvalue weighted by molar-refractivity contribution is 9.11. The molecule has 21 heavy (non-hydrogen) atoms. The summed E-state index contributed by atoms with van der Waals surface area (Å²) >= 11 is 6.65. The van der Waals surface area contributed by atoms with Crippen molar-refractivity contribution in [2.75, 3.05) is 26.2 Å². The Bertz CT molecular complexity index is 671. The van der Waals surface area contributed by atoms with Gasteiger partial charge in [-0.25, -0.2) is 4.98 Å². The van der Waals surface area contributed by atoms with Crippen LogP contribution in [0.5, 0.6) is 0 Å². The Balaban J connectivity index is 1.52. The molecule has 2 aliphatic rings. The molecule has 110 valence electrons. The summed E-state index contributed by atoms with van der Waals surface area (Å²) in [5, 5.41) is 6.21. The van der Waals surface area contributed by atoms with Gasteiger partial charge in [0.1, 0.15) is 10.7 Å². The van der Waals surface area contributed by atoms with Gasteiger partial charge in [-0.2, -0.15) is 0 Å². The number of carbonyl (C=O) groups is 1. The van der Waals surface area contributed by atoms with Crippen molar-refractivity contribution in [1.29, 1.82) is 0 Å². The number of aromatic nitrogens is 1. The van der Waals surface area contributed by atoms with Crippen LogP contribution in [-0.4, -0.2) is 42.0 Å². The number of likely N-dealkylation sites (tertiary alicyclic amines) is 1. The van der Waals surface area contributed by atoms with Crippen LogP contribution in [0.25, 0.3) is 9.88 Å². The van der Waals surface area contributed by atoms with Gasteiger partial charge in [0.25, 0.3) is 5.91 Å². The first-order valence-corrected chi connectivity index (χ1v) is 9.41. The molecule has 0 saturated carbocycles. The average molecular weight is 384 g/mol. The Kier molecular flexibility index (Phi) is 3.61. The van der Waals surface area contributed by atoms with Gasteiger partial charge < -0.3 is 10.2 Å². The van der Waals surface area contributed by atoms with E-state index in [2.05, 4.69) is 26.2 Å². The Morgan fingerprint density at radius 2 is 2.10 bits per heavy atom. The van der Waals surface area contributed by atoms with Gasteiger partial charge >= 0.3 is 0 Å². The molecular weight excluding hydrogens is 370 g/mol. The highest BCUT2D eigenvalue weighted by Crippen LogP contribution is 2.34. The molecule has 2 aromatic rings. The molecule has 0 aromatic carbocycles. The van der Waals surface area contributed by atoms with E-state index in [4.69, 9.17) is 0 Å². The number of thiazole rings is 1. The van der Waals surface area contributed by atoms with Crippen LogP contribution in [0.4, 0.5) is 0 Å². The Hall–Kier alpha value is -0.760. The Morgan fingerprint density at radius 3 is 2.76 bits per heavy atom. The molecular formula is C14H14BrN3OS2. The molecule has 0 spiro atoms. The molecule has 4 heterocycles. The zero-order chi connectivity index (χ0) is 14.4. The molecule has 7 heteroatoms. The fourth-order valence-electron chi connectivity index (χ4n) is 3.10. The predicted molar refractivity (Wildman–Crippen MR) is 88.9 cm³/mol.